The largest absolute Gasteiger partial charge is 0.465 e. The molecule has 0 saturated heterocycles. The number of benzene rings is 1. The van der Waals surface area contributed by atoms with Gasteiger partial charge in [0, 0.05) is 5.56 Å². The van der Waals surface area contributed by atoms with E-state index in [0.717, 1.165) is 12.0 Å². The summed E-state index contributed by atoms with van der Waals surface area (Å²) in [5, 5.41) is 0. The molecule has 5 nitrogen and oxygen atoms in total. The molecule has 1 aromatic heterocycles. The second-order valence-corrected chi connectivity index (χ2v) is 4.46. The van der Waals surface area contributed by atoms with Gasteiger partial charge in [0.1, 0.15) is 6.04 Å². The monoisotopic (exact) mass is 274 g/mol. The number of hydrogen-bond acceptors (Lipinski definition) is 5. The van der Waals surface area contributed by atoms with Crippen molar-refractivity contribution >= 4 is 5.97 Å². The smallest absolute Gasteiger partial charge is 0.323 e. The normalized spacial score (nSPS) is 12.1. The number of esters is 1. The van der Waals surface area contributed by atoms with Crippen LogP contribution in [0.2, 0.25) is 0 Å². The van der Waals surface area contributed by atoms with E-state index < -0.39 is 12.0 Å². The van der Waals surface area contributed by atoms with E-state index in [2.05, 4.69) is 4.98 Å². The van der Waals surface area contributed by atoms with Crippen LogP contribution in [-0.4, -0.2) is 23.6 Å². The standard InChI is InChI=1S/C15H18N2O3/c1-2-8-19-15(18)12(16)9-14-17-10-13(20-14)11-6-4-3-5-7-11/h3-7,10,12H,2,8-9,16H2,1H3. The first-order valence-electron chi connectivity index (χ1n) is 6.63. The summed E-state index contributed by atoms with van der Waals surface area (Å²) in [5.41, 5.74) is 6.70. The molecule has 0 spiro atoms. The third-order valence-electron chi connectivity index (χ3n) is 2.76. The van der Waals surface area contributed by atoms with Gasteiger partial charge >= 0.3 is 5.97 Å². The fourth-order valence-corrected chi connectivity index (χ4v) is 1.72. The van der Waals surface area contributed by atoms with Crippen LogP contribution in [0, 0.1) is 0 Å². The van der Waals surface area contributed by atoms with Crippen molar-refractivity contribution in [1.29, 1.82) is 0 Å². The molecule has 0 aliphatic heterocycles. The van der Waals surface area contributed by atoms with Crippen LogP contribution in [0.4, 0.5) is 0 Å². The lowest BCUT2D eigenvalue weighted by molar-refractivity contribution is -0.145. The van der Waals surface area contributed by atoms with Gasteiger partial charge in [0.25, 0.3) is 0 Å². The maximum absolute atomic E-state index is 11.6. The fraction of sp³-hybridized carbons (Fsp3) is 0.333. The minimum Gasteiger partial charge on any atom is -0.465 e. The van der Waals surface area contributed by atoms with Gasteiger partial charge in [0.15, 0.2) is 11.7 Å². The Kier molecular flexibility index (Phi) is 4.90. The maximum atomic E-state index is 11.6. The molecule has 0 bridgehead atoms. The summed E-state index contributed by atoms with van der Waals surface area (Å²) in [6, 6.07) is 8.89. The Morgan fingerprint density at radius 2 is 2.15 bits per heavy atom. The molecule has 0 saturated carbocycles. The second kappa shape index (κ2) is 6.86. The highest BCUT2D eigenvalue weighted by molar-refractivity contribution is 5.75. The molecule has 0 aliphatic rings. The van der Waals surface area contributed by atoms with Crippen molar-refractivity contribution in [2.45, 2.75) is 25.8 Å². The van der Waals surface area contributed by atoms with Crippen LogP contribution in [0.1, 0.15) is 19.2 Å². The zero-order valence-electron chi connectivity index (χ0n) is 11.4. The Balaban J connectivity index is 1.98. The maximum Gasteiger partial charge on any atom is 0.323 e. The zero-order valence-corrected chi connectivity index (χ0v) is 11.4. The van der Waals surface area contributed by atoms with Crippen molar-refractivity contribution in [3.63, 3.8) is 0 Å². The van der Waals surface area contributed by atoms with Crippen molar-refractivity contribution in [3.8, 4) is 11.3 Å². The number of carbonyl (C=O) groups is 1. The number of hydrogen-bond donors (Lipinski definition) is 1. The number of rotatable bonds is 6. The van der Waals surface area contributed by atoms with Crippen LogP contribution < -0.4 is 5.73 Å². The molecule has 2 rings (SSSR count). The van der Waals surface area contributed by atoms with Crippen molar-refractivity contribution in [2.75, 3.05) is 6.61 Å². The van der Waals surface area contributed by atoms with Gasteiger partial charge in [-0.2, -0.15) is 0 Å². The highest BCUT2D eigenvalue weighted by Crippen LogP contribution is 2.20. The van der Waals surface area contributed by atoms with Crippen molar-refractivity contribution in [3.05, 3.63) is 42.4 Å². The van der Waals surface area contributed by atoms with Crippen molar-refractivity contribution < 1.29 is 13.9 Å². The van der Waals surface area contributed by atoms with Gasteiger partial charge in [-0.25, -0.2) is 4.98 Å². The zero-order chi connectivity index (χ0) is 14.4. The quantitative estimate of drug-likeness (QED) is 0.817. The van der Waals surface area contributed by atoms with E-state index in [9.17, 15) is 4.79 Å². The lowest BCUT2D eigenvalue weighted by Crippen LogP contribution is -2.34. The summed E-state index contributed by atoms with van der Waals surface area (Å²) in [4.78, 5) is 15.7. The average molecular weight is 274 g/mol. The van der Waals surface area contributed by atoms with Gasteiger partial charge in [-0.05, 0) is 6.42 Å². The van der Waals surface area contributed by atoms with E-state index >= 15 is 0 Å². The Hall–Kier alpha value is -2.14. The number of nitrogens with two attached hydrogens (primary N) is 1. The summed E-state index contributed by atoms with van der Waals surface area (Å²) in [6.07, 6.45) is 2.64. The van der Waals surface area contributed by atoms with Crippen LogP contribution in [0.25, 0.3) is 11.3 Å². The van der Waals surface area contributed by atoms with Crippen LogP contribution in [0.15, 0.2) is 40.9 Å². The van der Waals surface area contributed by atoms with Crippen LogP contribution in [0.3, 0.4) is 0 Å². The Morgan fingerprint density at radius 1 is 1.40 bits per heavy atom. The molecule has 1 unspecified atom stereocenters. The summed E-state index contributed by atoms with van der Waals surface area (Å²) in [6.45, 7) is 2.31. The third kappa shape index (κ3) is 3.68. The molecule has 1 atom stereocenters. The van der Waals surface area contributed by atoms with Crippen LogP contribution >= 0.6 is 0 Å². The molecule has 106 valence electrons. The molecule has 0 aliphatic carbocycles. The van der Waals surface area contributed by atoms with Crippen molar-refractivity contribution in [1.82, 2.24) is 4.98 Å². The minimum absolute atomic E-state index is 0.232. The predicted molar refractivity (Wildman–Crippen MR) is 74.9 cm³/mol. The van der Waals surface area contributed by atoms with Gasteiger partial charge in [0.2, 0.25) is 0 Å². The fourth-order valence-electron chi connectivity index (χ4n) is 1.72. The van der Waals surface area contributed by atoms with E-state index in [1.807, 2.05) is 37.3 Å². The third-order valence-corrected chi connectivity index (χ3v) is 2.76. The topological polar surface area (TPSA) is 78.4 Å². The molecule has 5 heteroatoms. The number of carbonyl (C=O) groups excluding carboxylic acids is 1. The Bertz CT molecular complexity index is 551. The summed E-state index contributed by atoms with van der Waals surface area (Å²) in [7, 11) is 0. The van der Waals surface area contributed by atoms with Crippen LogP contribution in [0.5, 0.6) is 0 Å². The van der Waals surface area contributed by atoms with E-state index in [0.29, 0.717) is 18.3 Å². The highest BCUT2D eigenvalue weighted by Gasteiger charge is 2.18. The number of oxazole rings is 1. The Labute approximate surface area is 117 Å². The molecule has 20 heavy (non-hydrogen) atoms. The average Bonchev–Trinajstić information content (AvgIpc) is 2.94. The molecule has 0 radical (unpaired) electrons. The van der Waals surface area contributed by atoms with Gasteiger partial charge in [-0.1, -0.05) is 37.3 Å². The molecule has 2 aromatic rings. The first-order valence-corrected chi connectivity index (χ1v) is 6.63. The highest BCUT2D eigenvalue weighted by atomic mass is 16.5. The molecular weight excluding hydrogens is 256 g/mol. The first kappa shape index (κ1) is 14.3. The predicted octanol–water partition coefficient (Wildman–Crippen LogP) is 2.16. The van der Waals surface area contributed by atoms with Crippen molar-refractivity contribution in [2.24, 2.45) is 5.73 Å². The second-order valence-electron chi connectivity index (χ2n) is 4.46. The number of ether oxygens (including phenoxy) is 1. The van der Waals surface area contributed by atoms with E-state index in [4.69, 9.17) is 14.9 Å². The lowest BCUT2D eigenvalue weighted by atomic mass is 10.2. The summed E-state index contributed by atoms with van der Waals surface area (Å²) in [5.74, 6) is 0.672. The first-order chi connectivity index (χ1) is 9.70. The summed E-state index contributed by atoms with van der Waals surface area (Å²) >= 11 is 0. The SMILES string of the molecule is CCCOC(=O)C(N)Cc1ncc(-c2ccccc2)o1. The lowest BCUT2D eigenvalue weighted by Gasteiger charge is -2.08. The van der Waals surface area contributed by atoms with Crippen LogP contribution in [-0.2, 0) is 16.0 Å². The summed E-state index contributed by atoms with van der Waals surface area (Å²) < 4.78 is 10.6. The molecule has 0 amide bonds. The molecule has 2 N–H and O–H groups in total. The van der Waals surface area contributed by atoms with E-state index in [-0.39, 0.29) is 6.42 Å². The Morgan fingerprint density at radius 3 is 2.85 bits per heavy atom. The molecule has 1 aromatic carbocycles. The van der Waals surface area contributed by atoms with E-state index in [1.54, 1.807) is 6.20 Å². The number of nitrogens with zero attached hydrogens (tertiary/aromatic N) is 1. The number of aromatic nitrogens is 1. The minimum atomic E-state index is -0.746. The van der Waals surface area contributed by atoms with Gasteiger partial charge in [-0.3, -0.25) is 4.79 Å². The molecule has 1 heterocycles. The van der Waals surface area contributed by atoms with Gasteiger partial charge < -0.3 is 14.9 Å². The van der Waals surface area contributed by atoms with Gasteiger partial charge in [-0.15, -0.1) is 0 Å². The molecular formula is C15H18N2O3. The molecule has 0 fully saturated rings. The van der Waals surface area contributed by atoms with Gasteiger partial charge in [0.05, 0.1) is 19.2 Å². The van der Waals surface area contributed by atoms with E-state index in [1.165, 1.54) is 0 Å².